The third kappa shape index (κ3) is 3.64. The average Bonchev–Trinajstić information content (AvgIpc) is 2.42. The van der Waals surface area contributed by atoms with E-state index in [1.54, 1.807) is 6.92 Å². The topological polar surface area (TPSA) is 55.8 Å². The van der Waals surface area contributed by atoms with Crippen LogP contribution in [0, 0.1) is 0 Å². The first-order valence-corrected chi connectivity index (χ1v) is 5.21. The van der Waals surface area contributed by atoms with Crippen molar-refractivity contribution in [3.63, 3.8) is 0 Å². The number of rotatable bonds is 2. The van der Waals surface area contributed by atoms with E-state index in [4.69, 9.17) is 4.74 Å². The highest BCUT2D eigenvalue weighted by molar-refractivity contribution is 5.82. The highest BCUT2D eigenvalue weighted by Gasteiger charge is 2.24. The van der Waals surface area contributed by atoms with Crippen molar-refractivity contribution in [2.45, 2.75) is 38.4 Å². The summed E-state index contributed by atoms with van der Waals surface area (Å²) < 4.78 is 10.0. The van der Waals surface area contributed by atoms with Crippen LogP contribution in [-0.2, 0) is 14.3 Å². The zero-order valence-corrected chi connectivity index (χ0v) is 9.23. The number of aliphatic hydroxyl groups is 1. The number of ether oxygens (including phenoxy) is 2. The number of carbonyl (C=O) groups excluding carboxylic acids is 1. The Balaban J connectivity index is 2.66. The highest BCUT2D eigenvalue weighted by Crippen LogP contribution is 2.19. The second-order valence-electron chi connectivity index (χ2n) is 3.77. The molecule has 0 amide bonds. The molecule has 0 spiro atoms. The molecule has 15 heavy (non-hydrogen) atoms. The summed E-state index contributed by atoms with van der Waals surface area (Å²) in [4.78, 5) is 11.0. The molecule has 86 valence electrons. The van der Waals surface area contributed by atoms with Gasteiger partial charge in [0.15, 0.2) is 0 Å². The van der Waals surface area contributed by atoms with Crippen molar-refractivity contribution < 1.29 is 19.4 Å². The van der Waals surface area contributed by atoms with E-state index in [2.05, 4.69) is 4.74 Å². The van der Waals surface area contributed by atoms with Crippen molar-refractivity contribution in [1.29, 1.82) is 0 Å². The van der Waals surface area contributed by atoms with Crippen molar-refractivity contribution >= 4 is 5.97 Å². The molecule has 1 aliphatic rings. The lowest BCUT2D eigenvalue weighted by Crippen LogP contribution is -2.29. The first kappa shape index (κ1) is 12.2. The first-order valence-electron chi connectivity index (χ1n) is 5.21. The molecule has 0 bridgehead atoms. The van der Waals surface area contributed by atoms with Crippen LogP contribution in [0.2, 0.25) is 0 Å². The van der Waals surface area contributed by atoms with E-state index in [0.29, 0.717) is 6.61 Å². The molecule has 4 heteroatoms. The van der Waals surface area contributed by atoms with Crippen molar-refractivity contribution in [1.82, 2.24) is 0 Å². The van der Waals surface area contributed by atoms with Crippen LogP contribution >= 0.6 is 0 Å². The van der Waals surface area contributed by atoms with Gasteiger partial charge in [-0.15, -0.1) is 0 Å². The molecule has 1 rings (SSSR count). The van der Waals surface area contributed by atoms with Crippen LogP contribution in [0.25, 0.3) is 0 Å². The predicted molar refractivity (Wildman–Crippen MR) is 55.4 cm³/mol. The Bertz CT molecular complexity index is 247. The van der Waals surface area contributed by atoms with Gasteiger partial charge in [-0.2, -0.15) is 0 Å². The summed E-state index contributed by atoms with van der Waals surface area (Å²) in [6.07, 6.45) is 3.12. The van der Waals surface area contributed by atoms with E-state index in [1.165, 1.54) is 13.2 Å². The van der Waals surface area contributed by atoms with E-state index < -0.39 is 12.1 Å². The van der Waals surface area contributed by atoms with Crippen LogP contribution in [0.4, 0.5) is 0 Å². The summed E-state index contributed by atoms with van der Waals surface area (Å²) in [5.41, 5.74) is 0.719. The van der Waals surface area contributed by atoms with Crippen LogP contribution in [0.5, 0.6) is 0 Å². The Morgan fingerprint density at radius 2 is 2.27 bits per heavy atom. The van der Waals surface area contributed by atoms with Gasteiger partial charge in [0, 0.05) is 12.7 Å². The van der Waals surface area contributed by atoms with Crippen molar-refractivity contribution in [2.75, 3.05) is 13.7 Å². The number of methoxy groups -OCH3 is 1. The van der Waals surface area contributed by atoms with Gasteiger partial charge in [0.25, 0.3) is 0 Å². The predicted octanol–water partition coefficient (Wildman–Crippen LogP) is 1.04. The van der Waals surface area contributed by atoms with Crippen LogP contribution in [0.1, 0.15) is 26.2 Å². The Hall–Kier alpha value is -0.870. The zero-order chi connectivity index (χ0) is 11.3. The molecule has 0 saturated carbocycles. The molecule has 0 aromatic heterocycles. The number of hydrogen-bond donors (Lipinski definition) is 1. The summed E-state index contributed by atoms with van der Waals surface area (Å²) >= 11 is 0. The summed E-state index contributed by atoms with van der Waals surface area (Å²) in [7, 11) is 1.33. The maximum atomic E-state index is 11.0. The Kier molecular flexibility index (Phi) is 4.78. The van der Waals surface area contributed by atoms with E-state index in [9.17, 15) is 9.90 Å². The van der Waals surface area contributed by atoms with E-state index in [1.807, 2.05) is 0 Å². The first-order chi connectivity index (χ1) is 7.15. The number of esters is 1. The highest BCUT2D eigenvalue weighted by atomic mass is 16.5. The number of hydrogen-bond acceptors (Lipinski definition) is 4. The second kappa shape index (κ2) is 5.88. The normalized spacial score (nSPS) is 28.3. The van der Waals surface area contributed by atoms with E-state index in [-0.39, 0.29) is 6.10 Å². The van der Waals surface area contributed by atoms with Crippen LogP contribution < -0.4 is 0 Å². The SMILES string of the molecule is COC(=O)/C=C(\C)[C@H]1OCCCC[C@@H]1O. The maximum absolute atomic E-state index is 11.0. The van der Waals surface area contributed by atoms with Gasteiger partial charge in [0.1, 0.15) is 6.10 Å². The second-order valence-corrected chi connectivity index (χ2v) is 3.77. The summed E-state index contributed by atoms with van der Waals surface area (Å²) in [5, 5.41) is 9.79. The van der Waals surface area contributed by atoms with Gasteiger partial charge in [-0.05, 0) is 31.8 Å². The van der Waals surface area contributed by atoms with Crippen molar-refractivity contribution in [2.24, 2.45) is 0 Å². The lowest BCUT2D eigenvalue weighted by molar-refractivity contribution is -0.135. The molecule has 1 saturated heterocycles. The largest absolute Gasteiger partial charge is 0.466 e. The van der Waals surface area contributed by atoms with Crippen molar-refractivity contribution in [3.05, 3.63) is 11.6 Å². The molecule has 1 heterocycles. The monoisotopic (exact) mass is 214 g/mol. The molecule has 0 radical (unpaired) electrons. The van der Waals surface area contributed by atoms with E-state index in [0.717, 1.165) is 24.8 Å². The summed E-state index contributed by atoms with van der Waals surface area (Å²) in [6, 6.07) is 0. The molecule has 4 nitrogen and oxygen atoms in total. The molecule has 0 aromatic carbocycles. The molecular weight excluding hydrogens is 196 g/mol. The number of carbonyl (C=O) groups is 1. The van der Waals surface area contributed by atoms with Gasteiger partial charge < -0.3 is 14.6 Å². The fourth-order valence-electron chi connectivity index (χ4n) is 1.69. The smallest absolute Gasteiger partial charge is 0.330 e. The van der Waals surface area contributed by atoms with Gasteiger partial charge in [-0.3, -0.25) is 0 Å². The van der Waals surface area contributed by atoms with Gasteiger partial charge >= 0.3 is 5.97 Å². The Morgan fingerprint density at radius 3 is 2.93 bits per heavy atom. The minimum atomic E-state index is -0.520. The molecule has 0 aromatic rings. The minimum Gasteiger partial charge on any atom is -0.466 e. The molecule has 0 unspecified atom stereocenters. The lowest BCUT2D eigenvalue weighted by atomic mass is 10.0. The zero-order valence-electron chi connectivity index (χ0n) is 9.23. The van der Waals surface area contributed by atoms with Crippen molar-refractivity contribution in [3.8, 4) is 0 Å². The molecule has 0 aliphatic carbocycles. The molecular formula is C11H18O4. The van der Waals surface area contributed by atoms with Gasteiger partial charge in [0.05, 0.1) is 13.2 Å². The van der Waals surface area contributed by atoms with Crippen LogP contribution in [0.3, 0.4) is 0 Å². The minimum absolute atomic E-state index is 0.369. The van der Waals surface area contributed by atoms with Gasteiger partial charge in [0.2, 0.25) is 0 Å². The third-order valence-corrected chi connectivity index (χ3v) is 2.54. The van der Waals surface area contributed by atoms with Crippen LogP contribution in [-0.4, -0.2) is 37.0 Å². The third-order valence-electron chi connectivity index (χ3n) is 2.54. The molecule has 1 aliphatic heterocycles. The quantitative estimate of drug-likeness (QED) is 0.551. The standard InChI is InChI=1S/C11H18O4/c1-8(7-10(13)14-2)11-9(12)5-3-4-6-15-11/h7,9,11-12H,3-6H2,1-2H3/b8-7+/t9-,11+/m0/s1. The number of aliphatic hydroxyl groups excluding tert-OH is 1. The Morgan fingerprint density at radius 1 is 1.53 bits per heavy atom. The fraction of sp³-hybridized carbons (Fsp3) is 0.727. The van der Waals surface area contributed by atoms with Gasteiger partial charge in [-0.25, -0.2) is 4.79 Å². The fourth-order valence-corrected chi connectivity index (χ4v) is 1.69. The lowest BCUT2D eigenvalue weighted by Gasteiger charge is -2.20. The summed E-state index contributed by atoms with van der Waals surface area (Å²) in [6.45, 7) is 2.41. The van der Waals surface area contributed by atoms with Crippen LogP contribution in [0.15, 0.2) is 11.6 Å². The van der Waals surface area contributed by atoms with E-state index >= 15 is 0 Å². The summed E-state index contributed by atoms with van der Waals surface area (Å²) in [5.74, 6) is -0.410. The maximum Gasteiger partial charge on any atom is 0.330 e. The molecule has 2 atom stereocenters. The molecule has 1 N–H and O–H groups in total. The van der Waals surface area contributed by atoms with Gasteiger partial charge in [-0.1, -0.05) is 0 Å². The average molecular weight is 214 g/mol. The Labute approximate surface area is 89.9 Å². The molecule has 1 fully saturated rings.